The lowest BCUT2D eigenvalue weighted by molar-refractivity contribution is -0.250. The van der Waals surface area contributed by atoms with E-state index in [1.54, 1.807) is 0 Å². The highest BCUT2D eigenvalue weighted by molar-refractivity contribution is 5.50. The average molecular weight is 523 g/mol. The van der Waals surface area contributed by atoms with Crippen LogP contribution in [0.15, 0.2) is 60.7 Å². The number of benzene rings is 3. The Hall–Kier alpha value is -3.41. The van der Waals surface area contributed by atoms with Gasteiger partial charge in [-0.05, 0) is 53.9 Å². The van der Waals surface area contributed by atoms with E-state index in [-0.39, 0.29) is 29.7 Å². The quantitative estimate of drug-likeness (QED) is 0.247. The summed E-state index contributed by atoms with van der Waals surface area (Å²) >= 11 is 0. The second kappa shape index (κ2) is 10.3. The minimum Gasteiger partial charge on any atom is -0.489 e. The Morgan fingerprint density at radius 2 is 1.47 bits per heavy atom. The van der Waals surface area contributed by atoms with E-state index < -0.39 is 59.5 Å². The third-order valence-electron chi connectivity index (χ3n) is 5.12. The van der Waals surface area contributed by atoms with Crippen LogP contribution in [0.3, 0.4) is 0 Å². The molecule has 3 aromatic rings. The molecule has 3 aromatic carbocycles. The first kappa shape index (κ1) is 27.2. The molecule has 0 saturated heterocycles. The van der Waals surface area contributed by atoms with Crippen molar-refractivity contribution >= 4 is 5.69 Å². The van der Waals surface area contributed by atoms with Crippen molar-refractivity contribution in [3.63, 3.8) is 0 Å². The molecule has 194 valence electrons. The molecule has 3 rings (SSSR count). The highest BCUT2D eigenvalue weighted by atomic mass is 19.4. The van der Waals surface area contributed by atoms with Gasteiger partial charge in [0.25, 0.3) is 0 Å². The number of aryl methyl sites for hydroxylation is 1. The summed E-state index contributed by atoms with van der Waals surface area (Å²) in [7, 11) is 0. The van der Waals surface area contributed by atoms with Gasteiger partial charge in [-0.2, -0.15) is 26.3 Å². The van der Waals surface area contributed by atoms with Crippen molar-refractivity contribution in [2.75, 3.05) is 5.32 Å². The van der Waals surface area contributed by atoms with Gasteiger partial charge in [0.05, 0.1) is 5.56 Å². The van der Waals surface area contributed by atoms with Gasteiger partial charge >= 0.3 is 12.4 Å². The number of alkyl halides is 6. The minimum atomic E-state index is -5.26. The first-order valence-corrected chi connectivity index (χ1v) is 10.3. The Bertz CT molecular complexity index is 1190. The first-order chi connectivity index (χ1) is 16.7. The lowest BCUT2D eigenvalue weighted by Gasteiger charge is -2.32. The minimum absolute atomic E-state index is 0.00276. The number of hydrogen-bond acceptors (Lipinski definition) is 3. The predicted octanol–water partition coefficient (Wildman–Crippen LogP) is 7.00. The summed E-state index contributed by atoms with van der Waals surface area (Å²) in [6, 6.07) is 8.98. The van der Waals surface area contributed by atoms with E-state index in [9.17, 15) is 44.6 Å². The SMILES string of the molecule is OC(CCc1ccc(C(F)(F)F)cc1F)(Nc1cccc(OCc2cc(F)cc(F)c2)c1)C(F)(F)F. The number of hydrogen-bond donors (Lipinski definition) is 2. The Morgan fingerprint density at radius 1 is 0.806 bits per heavy atom. The molecule has 2 N–H and O–H groups in total. The Kier molecular flexibility index (Phi) is 7.77. The maximum absolute atomic E-state index is 14.1. The standard InChI is InChI=1S/C24H18F9NO2/c25-17-8-14(9-18(26)11-17)13-36-20-3-1-2-19(12-20)34-22(35,24(31,32)33)7-6-15-4-5-16(10-21(15)27)23(28,29)30/h1-5,8-12,34-35H,6-7,13H2. The van der Waals surface area contributed by atoms with E-state index >= 15 is 0 Å². The molecule has 0 aliphatic rings. The molecule has 3 nitrogen and oxygen atoms in total. The molecule has 0 amide bonds. The predicted molar refractivity (Wildman–Crippen MR) is 111 cm³/mol. The van der Waals surface area contributed by atoms with Gasteiger partial charge in [0.15, 0.2) is 0 Å². The fourth-order valence-electron chi connectivity index (χ4n) is 3.28. The molecule has 0 radical (unpaired) electrons. The van der Waals surface area contributed by atoms with Crippen molar-refractivity contribution < 1.29 is 49.4 Å². The maximum atomic E-state index is 14.1. The zero-order valence-electron chi connectivity index (χ0n) is 18.2. The smallest absolute Gasteiger partial charge is 0.436 e. The van der Waals surface area contributed by atoms with E-state index in [4.69, 9.17) is 4.74 Å². The van der Waals surface area contributed by atoms with Gasteiger partial charge < -0.3 is 15.2 Å². The molecule has 0 aliphatic heterocycles. The fraction of sp³-hybridized carbons (Fsp3) is 0.250. The van der Waals surface area contributed by atoms with Gasteiger partial charge in [-0.1, -0.05) is 12.1 Å². The summed E-state index contributed by atoms with van der Waals surface area (Å²) in [5.41, 5.74) is -5.47. The van der Waals surface area contributed by atoms with Gasteiger partial charge in [-0.15, -0.1) is 0 Å². The van der Waals surface area contributed by atoms with Crippen LogP contribution < -0.4 is 10.1 Å². The van der Waals surface area contributed by atoms with Crippen LogP contribution in [0.2, 0.25) is 0 Å². The Morgan fingerprint density at radius 3 is 2.06 bits per heavy atom. The largest absolute Gasteiger partial charge is 0.489 e. The van der Waals surface area contributed by atoms with Gasteiger partial charge in [-0.3, -0.25) is 0 Å². The maximum Gasteiger partial charge on any atom is 0.436 e. The highest BCUT2D eigenvalue weighted by Gasteiger charge is 2.53. The van der Waals surface area contributed by atoms with Gasteiger partial charge in [-0.25, -0.2) is 13.2 Å². The number of anilines is 1. The fourth-order valence-corrected chi connectivity index (χ4v) is 3.28. The van der Waals surface area contributed by atoms with Crippen molar-refractivity contribution in [1.82, 2.24) is 0 Å². The van der Waals surface area contributed by atoms with E-state index in [0.717, 1.165) is 18.2 Å². The summed E-state index contributed by atoms with van der Waals surface area (Å²) in [6.45, 7) is -0.311. The molecular formula is C24H18F9NO2. The van der Waals surface area contributed by atoms with E-state index in [1.807, 2.05) is 5.32 Å². The third kappa shape index (κ3) is 6.84. The molecule has 36 heavy (non-hydrogen) atoms. The molecule has 12 heteroatoms. The van der Waals surface area contributed by atoms with Crippen molar-refractivity contribution in [2.24, 2.45) is 0 Å². The van der Waals surface area contributed by atoms with Crippen molar-refractivity contribution in [1.29, 1.82) is 0 Å². The van der Waals surface area contributed by atoms with Crippen LogP contribution in [-0.2, 0) is 19.2 Å². The van der Waals surface area contributed by atoms with Gasteiger partial charge in [0.1, 0.15) is 29.8 Å². The highest BCUT2D eigenvalue weighted by Crippen LogP contribution is 2.37. The van der Waals surface area contributed by atoms with E-state index in [2.05, 4.69) is 0 Å². The van der Waals surface area contributed by atoms with Crippen molar-refractivity contribution in [2.45, 2.75) is 37.5 Å². The second-order valence-electron chi connectivity index (χ2n) is 7.88. The van der Waals surface area contributed by atoms with Crippen LogP contribution in [-0.4, -0.2) is 17.0 Å². The van der Waals surface area contributed by atoms with Crippen LogP contribution in [0.4, 0.5) is 45.2 Å². The summed E-state index contributed by atoms with van der Waals surface area (Å²) in [5, 5.41) is 12.2. The lowest BCUT2D eigenvalue weighted by Crippen LogP contribution is -2.52. The number of halogens is 9. The van der Waals surface area contributed by atoms with Crippen LogP contribution in [0.25, 0.3) is 0 Å². The Labute approximate surface area is 199 Å². The lowest BCUT2D eigenvalue weighted by atomic mass is 9.99. The zero-order chi connectivity index (χ0) is 26.7. The van der Waals surface area contributed by atoms with Crippen molar-refractivity contribution in [3.8, 4) is 5.75 Å². The molecule has 0 heterocycles. The normalized spacial score (nSPS) is 13.8. The molecule has 1 unspecified atom stereocenters. The first-order valence-electron chi connectivity index (χ1n) is 10.3. The summed E-state index contributed by atoms with van der Waals surface area (Å²) in [4.78, 5) is 0. The topological polar surface area (TPSA) is 41.5 Å². The van der Waals surface area contributed by atoms with E-state index in [0.29, 0.717) is 18.2 Å². The second-order valence-corrected chi connectivity index (χ2v) is 7.88. The molecule has 0 bridgehead atoms. The molecule has 1 atom stereocenters. The molecule has 0 spiro atoms. The molecule has 0 saturated carbocycles. The number of rotatable bonds is 8. The van der Waals surface area contributed by atoms with Crippen LogP contribution in [0.1, 0.15) is 23.1 Å². The number of nitrogens with one attached hydrogen (secondary N) is 1. The summed E-state index contributed by atoms with van der Waals surface area (Å²) in [6.07, 6.45) is -12.0. The van der Waals surface area contributed by atoms with E-state index in [1.165, 1.54) is 18.2 Å². The van der Waals surface area contributed by atoms with Gasteiger partial charge in [0, 0.05) is 24.2 Å². The number of ether oxygens (including phenoxy) is 1. The summed E-state index contributed by atoms with van der Waals surface area (Å²) in [5.74, 6) is -3.05. The van der Waals surface area contributed by atoms with Crippen LogP contribution in [0, 0.1) is 17.5 Å². The molecular weight excluding hydrogens is 505 g/mol. The number of aliphatic hydroxyl groups is 1. The van der Waals surface area contributed by atoms with Crippen molar-refractivity contribution in [3.05, 3.63) is 94.8 Å². The molecule has 0 aliphatic carbocycles. The zero-order valence-corrected chi connectivity index (χ0v) is 18.2. The van der Waals surface area contributed by atoms with Gasteiger partial charge in [0.2, 0.25) is 5.72 Å². The Balaban J connectivity index is 1.74. The monoisotopic (exact) mass is 523 g/mol. The summed E-state index contributed by atoms with van der Waals surface area (Å²) < 4.78 is 125. The molecule has 0 fully saturated rings. The third-order valence-corrected chi connectivity index (χ3v) is 5.12. The molecule has 0 aromatic heterocycles. The van der Waals surface area contributed by atoms with Crippen LogP contribution >= 0.6 is 0 Å². The van der Waals surface area contributed by atoms with Crippen LogP contribution in [0.5, 0.6) is 5.75 Å². The average Bonchev–Trinajstić information content (AvgIpc) is 2.75.